The maximum absolute atomic E-state index is 13.9. The number of hydrogen-bond acceptors (Lipinski definition) is 8. The average molecular weight is 594 g/mol. The summed E-state index contributed by atoms with van der Waals surface area (Å²) >= 11 is 4.20. The van der Waals surface area contributed by atoms with Crippen LogP contribution in [-0.4, -0.2) is 27.2 Å². The van der Waals surface area contributed by atoms with Gasteiger partial charge in [-0.05, 0) is 52.2 Å². The third-order valence-electron chi connectivity index (χ3n) is 6.21. The second-order valence-corrected chi connectivity index (χ2v) is 10.4. The highest BCUT2D eigenvalue weighted by atomic mass is 79.9. The van der Waals surface area contributed by atoms with Gasteiger partial charge in [0.1, 0.15) is 5.75 Å². The zero-order valence-electron chi connectivity index (χ0n) is 20.2. The monoisotopic (exact) mass is 593 g/mol. The third kappa shape index (κ3) is 4.33. The number of aromatic hydroxyl groups is 1. The van der Waals surface area contributed by atoms with Crippen LogP contribution in [0, 0.1) is 10.1 Å². The maximum Gasteiger partial charge on any atom is 0.338 e. The number of halogens is 1. The summed E-state index contributed by atoms with van der Waals surface area (Å²) < 4.78 is 7.12. The van der Waals surface area contributed by atoms with E-state index < -0.39 is 22.5 Å². The molecule has 0 saturated carbocycles. The number of thiazole rings is 1. The minimum atomic E-state index is -0.816. The Labute approximate surface area is 227 Å². The number of fused-ring (bicyclic) bond motifs is 2. The molecule has 1 aliphatic heterocycles. The molecule has 5 rings (SSSR count). The number of esters is 1. The summed E-state index contributed by atoms with van der Waals surface area (Å²) in [5.41, 5.74) is 0.803. The van der Waals surface area contributed by atoms with Crippen molar-refractivity contribution >= 4 is 55.8 Å². The van der Waals surface area contributed by atoms with Crippen LogP contribution in [0.5, 0.6) is 5.75 Å². The van der Waals surface area contributed by atoms with Crippen LogP contribution in [0.4, 0.5) is 5.69 Å². The fourth-order valence-corrected chi connectivity index (χ4v) is 6.04. The molecule has 1 atom stereocenters. The number of benzene rings is 3. The maximum atomic E-state index is 13.9. The molecular weight excluding hydrogens is 574 g/mol. The molecule has 0 aliphatic carbocycles. The minimum Gasteiger partial charge on any atom is -0.506 e. The van der Waals surface area contributed by atoms with Gasteiger partial charge in [0.25, 0.3) is 11.2 Å². The lowest BCUT2D eigenvalue weighted by atomic mass is 9.91. The van der Waals surface area contributed by atoms with Crippen molar-refractivity contribution in [2.75, 3.05) is 6.61 Å². The Morgan fingerprint density at radius 1 is 1.26 bits per heavy atom. The predicted octanol–water partition coefficient (Wildman–Crippen LogP) is 4.33. The number of non-ortho nitro benzene ring substituents is 1. The van der Waals surface area contributed by atoms with Crippen molar-refractivity contribution in [3.05, 3.63) is 111 Å². The van der Waals surface area contributed by atoms with Crippen LogP contribution in [0.3, 0.4) is 0 Å². The van der Waals surface area contributed by atoms with E-state index in [1.807, 2.05) is 42.5 Å². The number of nitro benzene ring substituents is 1. The van der Waals surface area contributed by atoms with Gasteiger partial charge in [0.15, 0.2) is 4.80 Å². The topological polar surface area (TPSA) is 124 Å². The molecular formula is C27H20BrN3O6S. The number of carbonyl (C=O) groups excluding carboxylic acids is 1. The van der Waals surface area contributed by atoms with Crippen molar-refractivity contribution in [2.24, 2.45) is 4.99 Å². The molecule has 2 heterocycles. The SMILES string of the molecule is CCOC(=O)C1=C(C)N=c2s/c(=C/c3cc([N+](=O)[O-])cc(Br)c3O)c(=O)n2[C@@H]1c1cccc2ccccc12. The number of rotatable bonds is 5. The molecule has 1 aliphatic rings. The normalized spacial score (nSPS) is 15.3. The van der Waals surface area contributed by atoms with Crippen LogP contribution in [-0.2, 0) is 9.53 Å². The van der Waals surface area contributed by atoms with E-state index in [2.05, 4.69) is 20.9 Å². The van der Waals surface area contributed by atoms with Crippen molar-refractivity contribution in [2.45, 2.75) is 19.9 Å². The lowest BCUT2D eigenvalue weighted by Crippen LogP contribution is -2.40. The van der Waals surface area contributed by atoms with E-state index in [-0.39, 0.29) is 38.2 Å². The van der Waals surface area contributed by atoms with Gasteiger partial charge in [-0.15, -0.1) is 0 Å². The molecule has 0 bridgehead atoms. The van der Waals surface area contributed by atoms with Crippen molar-refractivity contribution in [1.29, 1.82) is 0 Å². The largest absolute Gasteiger partial charge is 0.506 e. The molecule has 0 spiro atoms. The van der Waals surface area contributed by atoms with Crippen LogP contribution in [0.2, 0.25) is 0 Å². The summed E-state index contributed by atoms with van der Waals surface area (Å²) in [5.74, 6) is -0.809. The molecule has 1 aromatic heterocycles. The van der Waals surface area contributed by atoms with Gasteiger partial charge in [0.2, 0.25) is 0 Å². The molecule has 4 aromatic rings. The minimum absolute atomic E-state index is 0.0966. The number of nitro groups is 1. The fourth-order valence-electron chi connectivity index (χ4n) is 4.54. The lowest BCUT2D eigenvalue weighted by Gasteiger charge is -2.25. The van der Waals surface area contributed by atoms with Crippen LogP contribution in [0.1, 0.15) is 31.0 Å². The van der Waals surface area contributed by atoms with Crippen molar-refractivity contribution in [1.82, 2.24) is 4.57 Å². The van der Waals surface area contributed by atoms with E-state index in [0.29, 0.717) is 10.5 Å². The summed E-state index contributed by atoms with van der Waals surface area (Å²) in [6, 6.07) is 14.9. The van der Waals surface area contributed by atoms with Gasteiger partial charge < -0.3 is 9.84 Å². The number of allylic oxidation sites excluding steroid dienone is 1. The Bertz CT molecular complexity index is 1850. The highest BCUT2D eigenvalue weighted by Gasteiger charge is 2.34. The first kappa shape index (κ1) is 25.6. The second kappa shape index (κ2) is 9.99. The molecule has 9 nitrogen and oxygen atoms in total. The van der Waals surface area contributed by atoms with E-state index in [9.17, 15) is 24.8 Å². The Hall–Kier alpha value is -4.09. The summed E-state index contributed by atoms with van der Waals surface area (Å²) in [6.45, 7) is 3.56. The van der Waals surface area contributed by atoms with Crippen LogP contribution in [0.25, 0.3) is 16.8 Å². The molecule has 192 valence electrons. The number of phenolic OH excluding ortho intramolecular Hbond substituents is 1. The highest BCUT2D eigenvalue weighted by Crippen LogP contribution is 2.35. The van der Waals surface area contributed by atoms with Crippen molar-refractivity contribution in [3.8, 4) is 5.75 Å². The van der Waals surface area contributed by atoms with Crippen LogP contribution in [0.15, 0.2) is 80.1 Å². The quantitative estimate of drug-likeness (QED) is 0.209. The second-order valence-electron chi connectivity index (χ2n) is 8.49. The van der Waals surface area contributed by atoms with Gasteiger partial charge in [-0.2, -0.15) is 0 Å². The molecule has 0 radical (unpaired) electrons. The molecule has 38 heavy (non-hydrogen) atoms. The molecule has 3 aromatic carbocycles. The Balaban J connectivity index is 1.81. The van der Waals surface area contributed by atoms with Gasteiger partial charge >= 0.3 is 5.97 Å². The van der Waals surface area contributed by atoms with Gasteiger partial charge in [-0.1, -0.05) is 53.8 Å². The Morgan fingerprint density at radius 3 is 2.74 bits per heavy atom. The van der Waals surface area contributed by atoms with Crippen molar-refractivity contribution < 1.29 is 19.6 Å². The van der Waals surface area contributed by atoms with Crippen molar-refractivity contribution in [3.63, 3.8) is 0 Å². The molecule has 0 fully saturated rings. The van der Waals surface area contributed by atoms with Gasteiger partial charge in [-0.25, -0.2) is 9.79 Å². The van der Waals surface area contributed by atoms with E-state index in [1.54, 1.807) is 13.8 Å². The Morgan fingerprint density at radius 2 is 2.00 bits per heavy atom. The molecule has 0 amide bonds. The standard InChI is InChI=1S/C27H20BrN3O6S/c1-3-37-26(34)22-14(2)29-27-30(23(22)19-10-6-8-15-7-4-5-9-18(15)19)25(33)21(38-27)12-16-11-17(31(35)36)13-20(28)24(16)32/h4-13,23,32H,3H2,1-2H3/b21-12+/t23-/m1/s1. The highest BCUT2D eigenvalue weighted by molar-refractivity contribution is 9.10. The smallest absolute Gasteiger partial charge is 0.338 e. The van der Waals surface area contributed by atoms with E-state index >= 15 is 0 Å². The van der Waals surface area contributed by atoms with Gasteiger partial charge in [0, 0.05) is 17.7 Å². The number of aromatic nitrogens is 1. The molecule has 0 unspecified atom stereocenters. The fraction of sp³-hybridized carbons (Fsp3) is 0.148. The number of carbonyl (C=O) groups is 1. The number of ether oxygens (including phenoxy) is 1. The van der Waals surface area contributed by atoms with Gasteiger partial charge in [0.05, 0.1) is 37.8 Å². The summed E-state index contributed by atoms with van der Waals surface area (Å²) in [5, 5.41) is 23.7. The van der Waals surface area contributed by atoms with E-state index in [0.717, 1.165) is 27.7 Å². The van der Waals surface area contributed by atoms with Gasteiger partial charge in [-0.3, -0.25) is 19.5 Å². The zero-order valence-corrected chi connectivity index (χ0v) is 22.6. The van der Waals surface area contributed by atoms with Crippen LogP contribution >= 0.6 is 27.3 Å². The number of nitrogens with zero attached hydrogens (tertiary/aromatic N) is 3. The first-order valence-electron chi connectivity index (χ1n) is 11.6. The van der Waals surface area contributed by atoms with Crippen LogP contribution < -0.4 is 14.9 Å². The van der Waals surface area contributed by atoms with E-state index in [4.69, 9.17) is 4.74 Å². The Kier molecular flexibility index (Phi) is 6.72. The molecule has 11 heteroatoms. The summed E-state index contributed by atoms with van der Waals surface area (Å²) in [7, 11) is 0. The molecule has 0 saturated heterocycles. The first-order chi connectivity index (χ1) is 18.2. The predicted molar refractivity (Wildman–Crippen MR) is 147 cm³/mol. The zero-order chi connectivity index (χ0) is 27.1. The number of hydrogen-bond donors (Lipinski definition) is 1. The van der Waals surface area contributed by atoms with E-state index in [1.165, 1.54) is 22.8 Å². The third-order valence-corrected chi connectivity index (χ3v) is 7.80. The summed E-state index contributed by atoms with van der Waals surface area (Å²) in [4.78, 5) is 42.7. The lowest BCUT2D eigenvalue weighted by molar-refractivity contribution is -0.385. The molecule has 1 N–H and O–H groups in total. The average Bonchev–Trinajstić information content (AvgIpc) is 3.19. The first-order valence-corrected chi connectivity index (χ1v) is 13.2. The summed E-state index contributed by atoms with van der Waals surface area (Å²) in [6.07, 6.45) is 1.39. The number of phenols is 1.